The van der Waals surface area contributed by atoms with Gasteiger partial charge in [-0.2, -0.15) is 5.10 Å². The van der Waals surface area contributed by atoms with Crippen molar-refractivity contribution in [3.05, 3.63) is 11.4 Å². The molecule has 2 heterocycles. The number of nitrogens with zero attached hydrogens (tertiary/aromatic N) is 3. The summed E-state index contributed by atoms with van der Waals surface area (Å²) in [6.07, 6.45) is 2.75. The molecule has 21 heavy (non-hydrogen) atoms. The quantitative estimate of drug-likeness (QED) is 0.834. The monoisotopic (exact) mass is 291 g/mol. The Morgan fingerprint density at radius 2 is 1.86 bits per heavy atom. The molecule has 0 aromatic carbocycles. The zero-order valence-electron chi connectivity index (χ0n) is 12.3. The number of hydrogen-bond acceptors (Lipinski definition) is 4. The number of nitrogens with two attached hydrogens (primary N) is 1. The van der Waals surface area contributed by atoms with Crippen molar-refractivity contribution >= 4 is 17.5 Å². The molecule has 0 atom stereocenters. The van der Waals surface area contributed by atoms with E-state index >= 15 is 0 Å². The normalized spacial score (nSPS) is 18.9. The molecule has 0 spiro atoms. The molecule has 3 N–H and O–H groups in total. The average molecular weight is 291 g/mol. The minimum Gasteiger partial charge on any atom is -0.395 e. The first-order valence-corrected chi connectivity index (χ1v) is 7.52. The van der Waals surface area contributed by atoms with Gasteiger partial charge in [-0.1, -0.05) is 6.92 Å². The van der Waals surface area contributed by atoms with Crippen molar-refractivity contribution in [2.24, 2.45) is 5.92 Å². The number of nitrogens with one attached hydrogen (secondary N) is 1. The first kappa shape index (κ1) is 13.9. The SMILES string of the molecule is CCc1[nH]nc(C(=O)N2CCN(C(=O)C3CC3)CC2)c1N. The summed E-state index contributed by atoms with van der Waals surface area (Å²) in [6.45, 7) is 4.26. The van der Waals surface area contributed by atoms with Crippen molar-refractivity contribution in [1.82, 2.24) is 20.0 Å². The van der Waals surface area contributed by atoms with Crippen molar-refractivity contribution in [3.63, 3.8) is 0 Å². The van der Waals surface area contributed by atoms with E-state index in [0.717, 1.165) is 25.0 Å². The van der Waals surface area contributed by atoms with Crippen LogP contribution < -0.4 is 5.73 Å². The van der Waals surface area contributed by atoms with E-state index in [1.54, 1.807) is 4.90 Å². The van der Waals surface area contributed by atoms with Gasteiger partial charge in [-0.3, -0.25) is 14.7 Å². The maximum absolute atomic E-state index is 12.4. The summed E-state index contributed by atoms with van der Waals surface area (Å²) in [7, 11) is 0. The molecule has 3 rings (SSSR count). The molecule has 1 aromatic rings. The van der Waals surface area contributed by atoms with Crippen molar-refractivity contribution in [1.29, 1.82) is 0 Å². The molecule has 7 heteroatoms. The smallest absolute Gasteiger partial charge is 0.276 e. The van der Waals surface area contributed by atoms with Crippen LogP contribution in [0.1, 0.15) is 35.9 Å². The second-order valence-corrected chi connectivity index (χ2v) is 5.71. The fourth-order valence-electron chi connectivity index (χ4n) is 2.69. The molecule has 1 aromatic heterocycles. The van der Waals surface area contributed by atoms with E-state index in [-0.39, 0.29) is 17.7 Å². The van der Waals surface area contributed by atoms with Crippen LogP contribution >= 0.6 is 0 Å². The lowest BCUT2D eigenvalue weighted by molar-refractivity contribution is -0.134. The summed E-state index contributed by atoms with van der Waals surface area (Å²) in [5, 5.41) is 6.84. The number of carbonyl (C=O) groups is 2. The number of carbonyl (C=O) groups excluding carboxylic acids is 2. The Bertz CT molecular complexity index is 556. The van der Waals surface area contributed by atoms with Crippen molar-refractivity contribution in [2.75, 3.05) is 31.9 Å². The van der Waals surface area contributed by atoms with Gasteiger partial charge >= 0.3 is 0 Å². The van der Waals surface area contributed by atoms with Crippen LogP contribution in [0.4, 0.5) is 5.69 Å². The van der Waals surface area contributed by atoms with E-state index in [4.69, 9.17) is 5.73 Å². The maximum atomic E-state index is 12.4. The number of hydrogen-bond donors (Lipinski definition) is 2. The lowest BCUT2D eigenvalue weighted by Gasteiger charge is -2.34. The highest BCUT2D eigenvalue weighted by molar-refractivity contribution is 5.97. The van der Waals surface area contributed by atoms with E-state index in [0.29, 0.717) is 37.6 Å². The predicted octanol–water partition coefficient (Wildman–Crippen LogP) is 0.249. The Morgan fingerprint density at radius 1 is 1.24 bits per heavy atom. The summed E-state index contributed by atoms with van der Waals surface area (Å²) in [4.78, 5) is 28.0. The summed E-state index contributed by atoms with van der Waals surface area (Å²) in [6, 6.07) is 0. The Hall–Kier alpha value is -2.05. The van der Waals surface area contributed by atoms with Crippen molar-refractivity contribution < 1.29 is 9.59 Å². The van der Waals surface area contributed by atoms with Gasteiger partial charge in [0, 0.05) is 32.1 Å². The number of anilines is 1. The molecule has 7 nitrogen and oxygen atoms in total. The number of amides is 2. The molecule has 0 radical (unpaired) electrons. The number of aryl methyl sites for hydroxylation is 1. The van der Waals surface area contributed by atoms with Gasteiger partial charge in [-0.15, -0.1) is 0 Å². The Balaban J connectivity index is 1.62. The number of rotatable bonds is 3. The van der Waals surface area contributed by atoms with Crippen LogP contribution in [-0.2, 0) is 11.2 Å². The van der Waals surface area contributed by atoms with E-state index < -0.39 is 0 Å². The van der Waals surface area contributed by atoms with Crippen LogP contribution in [0.25, 0.3) is 0 Å². The number of nitrogen functional groups attached to an aromatic ring is 1. The van der Waals surface area contributed by atoms with Crippen LogP contribution in [-0.4, -0.2) is 58.0 Å². The molecule has 2 aliphatic rings. The second-order valence-electron chi connectivity index (χ2n) is 5.71. The first-order chi connectivity index (χ1) is 10.1. The summed E-state index contributed by atoms with van der Waals surface area (Å²) >= 11 is 0. The van der Waals surface area contributed by atoms with Crippen LogP contribution in [0.2, 0.25) is 0 Å². The molecular formula is C14H21N5O2. The molecule has 1 saturated heterocycles. The predicted molar refractivity (Wildman–Crippen MR) is 77.6 cm³/mol. The molecule has 1 aliphatic carbocycles. The molecule has 1 saturated carbocycles. The van der Waals surface area contributed by atoms with E-state index in [1.165, 1.54) is 0 Å². The zero-order valence-corrected chi connectivity index (χ0v) is 12.3. The van der Waals surface area contributed by atoms with Crippen molar-refractivity contribution in [3.8, 4) is 0 Å². The zero-order chi connectivity index (χ0) is 15.0. The van der Waals surface area contributed by atoms with Crippen LogP contribution in [0.3, 0.4) is 0 Å². The number of piperazine rings is 1. The highest BCUT2D eigenvalue weighted by atomic mass is 16.2. The minimum absolute atomic E-state index is 0.151. The van der Waals surface area contributed by atoms with Gasteiger partial charge in [0.2, 0.25) is 5.91 Å². The third kappa shape index (κ3) is 2.59. The molecule has 0 bridgehead atoms. The van der Waals surface area contributed by atoms with Gasteiger partial charge in [0.15, 0.2) is 5.69 Å². The maximum Gasteiger partial charge on any atom is 0.276 e. The third-order valence-corrected chi connectivity index (χ3v) is 4.24. The van der Waals surface area contributed by atoms with Crippen LogP contribution in [0.15, 0.2) is 0 Å². The van der Waals surface area contributed by atoms with Gasteiger partial charge in [0.1, 0.15) is 0 Å². The average Bonchev–Trinajstić information content (AvgIpc) is 3.29. The Labute approximate surface area is 123 Å². The standard InChI is InChI=1S/C14H21N5O2/c1-2-10-11(15)12(17-16-10)14(21)19-7-5-18(6-8-19)13(20)9-3-4-9/h9H,2-8,15H2,1H3,(H,16,17). The lowest BCUT2D eigenvalue weighted by atomic mass is 10.2. The Kier molecular flexibility index (Phi) is 3.57. The van der Waals surface area contributed by atoms with Crippen LogP contribution in [0, 0.1) is 5.92 Å². The third-order valence-electron chi connectivity index (χ3n) is 4.24. The lowest BCUT2D eigenvalue weighted by Crippen LogP contribution is -2.51. The Morgan fingerprint density at radius 3 is 2.38 bits per heavy atom. The van der Waals surface area contributed by atoms with E-state index in [2.05, 4.69) is 10.2 Å². The molecular weight excluding hydrogens is 270 g/mol. The first-order valence-electron chi connectivity index (χ1n) is 7.52. The highest BCUT2D eigenvalue weighted by Gasteiger charge is 2.35. The fourth-order valence-corrected chi connectivity index (χ4v) is 2.69. The van der Waals surface area contributed by atoms with E-state index in [9.17, 15) is 9.59 Å². The minimum atomic E-state index is -0.151. The molecule has 2 fully saturated rings. The van der Waals surface area contributed by atoms with E-state index in [1.807, 2.05) is 11.8 Å². The second kappa shape index (κ2) is 5.38. The van der Waals surface area contributed by atoms with Gasteiger partial charge in [0.05, 0.1) is 11.4 Å². The fraction of sp³-hybridized carbons (Fsp3) is 0.643. The largest absolute Gasteiger partial charge is 0.395 e. The van der Waals surface area contributed by atoms with Gasteiger partial charge in [0.25, 0.3) is 5.91 Å². The molecule has 2 amide bonds. The topological polar surface area (TPSA) is 95.3 Å². The number of H-pyrrole nitrogens is 1. The van der Waals surface area contributed by atoms with Gasteiger partial charge in [-0.05, 0) is 19.3 Å². The summed E-state index contributed by atoms with van der Waals surface area (Å²) < 4.78 is 0. The summed E-state index contributed by atoms with van der Waals surface area (Å²) in [5.41, 5.74) is 7.47. The molecule has 0 unspecified atom stereocenters. The number of aromatic amines is 1. The van der Waals surface area contributed by atoms with Gasteiger partial charge in [-0.25, -0.2) is 0 Å². The molecule has 1 aliphatic heterocycles. The van der Waals surface area contributed by atoms with Gasteiger partial charge < -0.3 is 15.5 Å². The van der Waals surface area contributed by atoms with Crippen LogP contribution in [0.5, 0.6) is 0 Å². The van der Waals surface area contributed by atoms with Crippen molar-refractivity contribution in [2.45, 2.75) is 26.2 Å². The summed E-state index contributed by atoms with van der Waals surface area (Å²) in [5.74, 6) is 0.331. The molecule has 114 valence electrons. The highest BCUT2D eigenvalue weighted by Crippen LogP contribution is 2.31. The number of aromatic nitrogens is 2.